The zero-order valence-corrected chi connectivity index (χ0v) is 13.8. The van der Waals surface area contributed by atoms with E-state index in [2.05, 4.69) is 10.6 Å². The molecule has 1 fully saturated rings. The highest BCUT2D eigenvalue weighted by Gasteiger charge is 2.49. The normalized spacial score (nSPS) is 25.6. The maximum atomic E-state index is 12.0. The molecular formula is C15H28N2O4. The van der Waals surface area contributed by atoms with Gasteiger partial charge in [-0.25, -0.2) is 9.59 Å². The van der Waals surface area contributed by atoms with Crippen LogP contribution in [0.3, 0.4) is 0 Å². The molecule has 0 aromatic heterocycles. The number of amides is 2. The molecule has 6 nitrogen and oxygen atoms in total. The number of urea groups is 1. The van der Waals surface area contributed by atoms with E-state index in [1.54, 1.807) is 20.8 Å². The molecule has 0 aromatic carbocycles. The van der Waals surface area contributed by atoms with Gasteiger partial charge in [-0.2, -0.15) is 0 Å². The number of hydrogen-bond acceptors (Lipinski definition) is 3. The van der Waals surface area contributed by atoms with Gasteiger partial charge >= 0.3 is 12.0 Å². The molecule has 1 aliphatic carbocycles. The van der Waals surface area contributed by atoms with Crippen molar-refractivity contribution in [3.63, 3.8) is 0 Å². The van der Waals surface area contributed by atoms with E-state index >= 15 is 0 Å². The number of aliphatic carboxylic acids is 1. The third-order valence-electron chi connectivity index (χ3n) is 4.24. The number of nitrogens with one attached hydrogen (secondary N) is 2. The van der Waals surface area contributed by atoms with Crippen molar-refractivity contribution >= 4 is 12.0 Å². The van der Waals surface area contributed by atoms with E-state index in [9.17, 15) is 14.7 Å². The number of hydrogen-bond donors (Lipinski definition) is 3. The summed E-state index contributed by atoms with van der Waals surface area (Å²) in [4.78, 5) is 23.3. The molecule has 21 heavy (non-hydrogen) atoms. The summed E-state index contributed by atoms with van der Waals surface area (Å²) >= 11 is 0. The number of carboxylic acids is 1. The lowest BCUT2D eigenvalue weighted by Gasteiger charge is -2.51. The third kappa shape index (κ3) is 4.09. The van der Waals surface area contributed by atoms with Gasteiger partial charge in [-0.15, -0.1) is 0 Å². The Labute approximate surface area is 126 Å². The molecule has 1 aliphatic rings. The first kappa shape index (κ1) is 17.8. The predicted octanol–water partition coefficient (Wildman–Crippen LogP) is 1.99. The summed E-state index contributed by atoms with van der Waals surface area (Å²) in [5.41, 5.74) is -0.694. The highest BCUT2D eigenvalue weighted by atomic mass is 16.5. The molecule has 3 unspecified atom stereocenters. The van der Waals surface area contributed by atoms with Crippen LogP contribution in [0.1, 0.15) is 48.0 Å². The molecule has 0 spiro atoms. The molecule has 0 bridgehead atoms. The van der Waals surface area contributed by atoms with Gasteiger partial charge in [0.05, 0.1) is 6.10 Å². The Kier molecular flexibility index (Phi) is 5.25. The van der Waals surface area contributed by atoms with Crippen molar-refractivity contribution in [1.82, 2.24) is 10.6 Å². The third-order valence-corrected chi connectivity index (χ3v) is 4.24. The largest absolute Gasteiger partial charge is 0.480 e. The molecule has 1 rings (SSSR count). The first-order valence-electron chi connectivity index (χ1n) is 7.41. The second kappa shape index (κ2) is 6.22. The van der Waals surface area contributed by atoms with Crippen molar-refractivity contribution in [2.75, 3.05) is 6.61 Å². The van der Waals surface area contributed by atoms with Crippen LogP contribution in [-0.2, 0) is 9.53 Å². The molecule has 6 heteroatoms. The van der Waals surface area contributed by atoms with E-state index in [1.165, 1.54) is 0 Å². The van der Waals surface area contributed by atoms with Gasteiger partial charge in [0.15, 0.2) is 0 Å². The molecule has 2 amide bonds. The van der Waals surface area contributed by atoms with Crippen LogP contribution < -0.4 is 10.6 Å². The smallest absolute Gasteiger partial charge is 0.326 e. The molecule has 0 aromatic rings. The Morgan fingerprint density at radius 1 is 1.38 bits per heavy atom. The van der Waals surface area contributed by atoms with Crippen LogP contribution in [0.5, 0.6) is 0 Å². The summed E-state index contributed by atoms with van der Waals surface area (Å²) in [6.07, 6.45) is 0.882. The lowest BCUT2D eigenvalue weighted by molar-refractivity contribution is -0.142. The number of carbonyl (C=O) groups excluding carboxylic acids is 1. The quantitative estimate of drug-likeness (QED) is 0.724. The van der Waals surface area contributed by atoms with E-state index in [-0.39, 0.29) is 17.6 Å². The first-order valence-corrected chi connectivity index (χ1v) is 7.41. The second-order valence-electron chi connectivity index (χ2n) is 7.31. The van der Waals surface area contributed by atoms with Gasteiger partial charge in [0.2, 0.25) is 0 Å². The van der Waals surface area contributed by atoms with Crippen LogP contribution in [0.4, 0.5) is 4.79 Å². The maximum Gasteiger partial charge on any atom is 0.326 e. The van der Waals surface area contributed by atoms with Gasteiger partial charge in [-0.1, -0.05) is 34.6 Å². The molecule has 0 aliphatic heterocycles. The second-order valence-corrected chi connectivity index (χ2v) is 7.31. The van der Waals surface area contributed by atoms with E-state index in [4.69, 9.17) is 4.74 Å². The van der Waals surface area contributed by atoms with Crippen molar-refractivity contribution in [1.29, 1.82) is 0 Å². The zero-order chi connectivity index (χ0) is 16.4. The summed E-state index contributed by atoms with van der Waals surface area (Å²) in [5.74, 6) is -1.03. The van der Waals surface area contributed by atoms with Crippen LogP contribution in [0.2, 0.25) is 0 Å². The summed E-state index contributed by atoms with van der Waals surface area (Å²) < 4.78 is 5.61. The predicted molar refractivity (Wildman–Crippen MR) is 80.1 cm³/mol. The topological polar surface area (TPSA) is 87.7 Å². The molecule has 0 heterocycles. The fourth-order valence-corrected chi connectivity index (χ4v) is 2.59. The maximum absolute atomic E-state index is 12.0. The van der Waals surface area contributed by atoms with Gasteiger partial charge in [0.1, 0.15) is 6.04 Å². The number of rotatable bonds is 5. The average Bonchev–Trinajstić information content (AvgIpc) is 2.33. The average molecular weight is 300 g/mol. The minimum absolute atomic E-state index is 0.0107. The first-order chi connectivity index (χ1) is 9.50. The summed E-state index contributed by atoms with van der Waals surface area (Å²) in [7, 11) is 0. The van der Waals surface area contributed by atoms with E-state index < -0.39 is 23.5 Å². The molecule has 0 saturated heterocycles. The lowest BCUT2D eigenvalue weighted by atomic mass is 9.64. The van der Waals surface area contributed by atoms with Crippen LogP contribution in [0.15, 0.2) is 0 Å². The molecule has 3 atom stereocenters. The van der Waals surface area contributed by atoms with E-state index in [0.29, 0.717) is 6.61 Å². The van der Waals surface area contributed by atoms with Crippen LogP contribution in [0.25, 0.3) is 0 Å². The van der Waals surface area contributed by atoms with Crippen molar-refractivity contribution in [3.05, 3.63) is 0 Å². The fraction of sp³-hybridized carbons (Fsp3) is 0.867. The van der Waals surface area contributed by atoms with Gasteiger partial charge in [-0.3, -0.25) is 0 Å². The minimum atomic E-state index is -1.03. The Hall–Kier alpha value is -1.30. The standard InChI is InChI=1S/C15H28N2O4/c1-7-21-10-8-9(15(10,5)6)16-13(20)17-11(12(18)19)14(2,3)4/h9-11H,7-8H2,1-6H3,(H,18,19)(H2,16,17,20). The Bertz CT molecular complexity index is 401. The van der Waals surface area contributed by atoms with Crippen LogP contribution >= 0.6 is 0 Å². The highest BCUT2D eigenvalue weighted by Crippen LogP contribution is 2.42. The molecule has 1 saturated carbocycles. The summed E-state index contributed by atoms with van der Waals surface area (Å²) in [6, 6.07) is -1.38. The van der Waals surface area contributed by atoms with E-state index in [0.717, 1.165) is 6.42 Å². The number of carbonyl (C=O) groups is 2. The van der Waals surface area contributed by atoms with Crippen molar-refractivity contribution in [2.45, 2.75) is 66.2 Å². The van der Waals surface area contributed by atoms with Crippen LogP contribution in [-0.4, -0.2) is 41.9 Å². The van der Waals surface area contributed by atoms with Crippen molar-refractivity contribution in [3.8, 4) is 0 Å². The summed E-state index contributed by atoms with van der Waals surface area (Å²) in [5, 5.41) is 14.6. The van der Waals surface area contributed by atoms with E-state index in [1.807, 2.05) is 20.8 Å². The zero-order valence-electron chi connectivity index (χ0n) is 13.8. The molecule has 0 radical (unpaired) electrons. The Morgan fingerprint density at radius 2 is 1.95 bits per heavy atom. The van der Waals surface area contributed by atoms with Gasteiger partial charge < -0.3 is 20.5 Å². The molecule has 122 valence electrons. The van der Waals surface area contributed by atoms with Gasteiger partial charge in [-0.05, 0) is 18.8 Å². The summed E-state index contributed by atoms with van der Waals surface area (Å²) in [6.45, 7) is 12.0. The fourth-order valence-electron chi connectivity index (χ4n) is 2.59. The SMILES string of the molecule is CCOC1CC(NC(=O)NC(C(=O)O)C(C)(C)C)C1(C)C. The highest BCUT2D eigenvalue weighted by molar-refractivity contribution is 5.83. The van der Waals surface area contributed by atoms with Crippen LogP contribution in [0, 0.1) is 10.8 Å². The van der Waals surface area contributed by atoms with Crippen molar-refractivity contribution < 1.29 is 19.4 Å². The molecule has 3 N–H and O–H groups in total. The minimum Gasteiger partial charge on any atom is -0.480 e. The van der Waals surface area contributed by atoms with Crippen molar-refractivity contribution in [2.24, 2.45) is 10.8 Å². The Balaban J connectivity index is 2.57. The lowest BCUT2D eigenvalue weighted by Crippen LogP contribution is -2.64. The Morgan fingerprint density at radius 3 is 2.33 bits per heavy atom. The number of ether oxygens (including phenoxy) is 1. The van der Waals surface area contributed by atoms with Gasteiger partial charge in [0.25, 0.3) is 0 Å². The molecular weight excluding hydrogens is 272 g/mol. The number of carboxylic acid groups (broad SMARTS) is 1. The monoisotopic (exact) mass is 300 g/mol. The van der Waals surface area contributed by atoms with Gasteiger partial charge in [0, 0.05) is 18.1 Å².